The van der Waals surface area contributed by atoms with Gasteiger partial charge in [0.15, 0.2) is 0 Å². The first-order valence-electron chi connectivity index (χ1n) is 10.8. The maximum atomic E-state index is 13.0. The van der Waals surface area contributed by atoms with Crippen LogP contribution in [0.1, 0.15) is 20.7 Å². The zero-order chi connectivity index (χ0) is 27.4. The molecule has 1 heterocycles. The van der Waals surface area contributed by atoms with Gasteiger partial charge in [-0.3, -0.25) is 19.7 Å². The Hall–Kier alpha value is -4.46. The molecule has 0 aliphatic heterocycles. The molecule has 2 amide bonds. The van der Waals surface area contributed by atoms with Crippen LogP contribution in [0.4, 0.5) is 17.2 Å². The van der Waals surface area contributed by atoms with E-state index < -0.39 is 26.8 Å². The summed E-state index contributed by atoms with van der Waals surface area (Å²) < 4.78 is 24.5. The topological polar surface area (TPSA) is 174 Å². The van der Waals surface area contributed by atoms with Crippen molar-refractivity contribution in [1.29, 1.82) is 0 Å². The first-order valence-corrected chi connectivity index (χ1v) is 13.1. The van der Waals surface area contributed by atoms with Crippen LogP contribution in [-0.4, -0.2) is 30.1 Å². The van der Waals surface area contributed by atoms with E-state index in [0.717, 1.165) is 12.1 Å². The molecule has 0 unspecified atom stereocenters. The number of nitrogens with zero attached hydrogens (tertiary/aromatic N) is 2. The smallest absolute Gasteiger partial charge is 0.270 e. The standard InChI is InChI=1S/C25H18BrN5O6S/c26-17-9-12-23(28-14-17)30-25(33)20-13-18(31(34)35)10-11-21(20)29-24(32)16-7-5-15(6-8-16)19-3-1-2-4-22(19)38(27,36)37/h1-14H,(H,29,32)(H2,27,36,37)(H,28,30,33). The molecule has 0 spiro atoms. The summed E-state index contributed by atoms with van der Waals surface area (Å²) in [5, 5.41) is 21.7. The molecule has 0 aliphatic carbocycles. The number of anilines is 2. The van der Waals surface area contributed by atoms with Gasteiger partial charge < -0.3 is 10.6 Å². The van der Waals surface area contributed by atoms with E-state index in [1.54, 1.807) is 36.4 Å². The Labute approximate surface area is 225 Å². The Balaban J connectivity index is 1.60. The molecule has 11 nitrogen and oxygen atoms in total. The molecule has 1 aromatic heterocycles. The van der Waals surface area contributed by atoms with Gasteiger partial charge in [0.25, 0.3) is 17.5 Å². The molecule has 0 saturated heterocycles. The van der Waals surface area contributed by atoms with Gasteiger partial charge in [0.1, 0.15) is 5.82 Å². The van der Waals surface area contributed by atoms with Crippen LogP contribution in [0.2, 0.25) is 0 Å². The van der Waals surface area contributed by atoms with Gasteiger partial charge in [-0.05, 0) is 57.9 Å². The van der Waals surface area contributed by atoms with E-state index in [4.69, 9.17) is 5.14 Å². The minimum atomic E-state index is -3.97. The van der Waals surface area contributed by atoms with Crippen LogP contribution in [-0.2, 0) is 10.0 Å². The van der Waals surface area contributed by atoms with Crippen LogP contribution in [0.3, 0.4) is 0 Å². The van der Waals surface area contributed by atoms with Crippen LogP contribution in [0, 0.1) is 10.1 Å². The number of hydrogen-bond acceptors (Lipinski definition) is 7. The number of benzene rings is 3. The van der Waals surface area contributed by atoms with Crippen LogP contribution in [0.25, 0.3) is 11.1 Å². The zero-order valence-corrected chi connectivity index (χ0v) is 21.7. The van der Waals surface area contributed by atoms with E-state index in [0.29, 0.717) is 15.6 Å². The monoisotopic (exact) mass is 595 g/mol. The van der Waals surface area contributed by atoms with Crippen molar-refractivity contribution in [1.82, 2.24) is 4.98 Å². The summed E-state index contributed by atoms with van der Waals surface area (Å²) in [5.74, 6) is -1.10. The molecule has 0 atom stereocenters. The quantitative estimate of drug-likeness (QED) is 0.207. The van der Waals surface area contributed by atoms with Crippen LogP contribution < -0.4 is 15.8 Å². The Kier molecular flexibility index (Phi) is 7.62. The number of carbonyl (C=O) groups excluding carboxylic acids is 2. The molecular weight excluding hydrogens is 578 g/mol. The van der Waals surface area contributed by atoms with Crippen molar-refractivity contribution in [3.63, 3.8) is 0 Å². The van der Waals surface area contributed by atoms with Gasteiger partial charge in [-0.15, -0.1) is 0 Å². The molecule has 4 N–H and O–H groups in total. The van der Waals surface area contributed by atoms with Crippen LogP contribution in [0.5, 0.6) is 0 Å². The summed E-state index contributed by atoms with van der Waals surface area (Å²) in [6.07, 6.45) is 1.47. The van der Waals surface area contributed by atoms with Crippen molar-refractivity contribution >= 4 is 55.0 Å². The molecule has 13 heteroatoms. The summed E-state index contributed by atoms with van der Waals surface area (Å²) >= 11 is 3.24. The number of aromatic nitrogens is 1. The van der Waals surface area contributed by atoms with E-state index in [9.17, 15) is 28.1 Å². The highest BCUT2D eigenvalue weighted by atomic mass is 79.9. The highest BCUT2D eigenvalue weighted by molar-refractivity contribution is 9.10. The van der Waals surface area contributed by atoms with Gasteiger partial charge >= 0.3 is 0 Å². The number of rotatable bonds is 7. The summed E-state index contributed by atoms with van der Waals surface area (Å²) in [5.41, 5.74) is 0.646. The molecule has 4 rings (SSSR count). The van der Waals surface area contributed by atoms with Gasteiger partial charge in [-0.1, -0.05) is 30.3 Å². The Bertz CT molecular complexity index is 1660. The number of primary sulfonamides is 1. The fourth-order valence-corrected chi connectivity index (χ4v) is 4.52. The number of nitrogens with one attached hydrogen (secondary N) is 2. The largest absolute Gasteiger partial charge is 0.321 e. The van der Waals surface area contributed by atoms with Crippen molar-refractivity contribution < 1.29 is 22.9 Å². The third-order valence-electron chi connectivity index (χ3n) is 5.33. The van der Waals surface area contributed by atoms with Crippen molar-refractivity contribution in [2.45, 2.75) is 4.90 Å². The zero-order valence-electron chi connectivity index (χ0n) is 19.3. The second-order valence-corrected chi connectivity index (χ2v) is 10.3. The number of hydrogen-bond donors (Lipinski definition) is 3. The van der Waals surface area contributed by atoms with Crippen molar-refractivity contribution in [3.05, 3.63) is 111 Å². The number of non-ortho nitro benzene ring substituents is 1. The van der Waals surface area contributed by atoms with Gasteiger partial charge in [-0.2, -0.15) is 0 Å². The number of halogens is 1. The van der Waals surface area contributed by atoms with Crippen LogP contribution in [0.15, 0.2) is 94.4 Å². The maximum absolute atomic E-state index is 13.0. The third-order valence-corrected chi connectivity index (χ3v) is 6.77. The van der Waals surface area contributed by atoms with Crippen LogP contribution >= 0.6 is 15.9 Å². The van der Waals surface area contributed by atoms with E-state index >= 15 is 0 Å². The van der Waals surface area contributed by atoms with E-state index in [1.165, 1.54) is 36.5 Å². The van der Waals surface area contributed by atoms with E-state index in [1.807, 2.05) is 0 Å². The lowest BCUT2D eigenvalue weighted by molar-refractivity contribution is -0.384. The summed E-state index contributed by atoms with van der Waals surface area (Å²) in [6.45, 7) is 0. The fraction of sp³-hybridized carbons (Fsp3) is 0. The minimum Gasteiger partial charge on any atom is -0.321 e. The maximum Gasteiger partial charge on any atom is 0.270 e. The first kappa shape index (κ1) is 26.6. The average molecular weight is 596 g/mol. The minimum absolute atomic E-state index is 0.0406. The number of nitro benzene ring substituents is 1. The highest BCUT2D eigenvalue weighted by Crippen LogP contribution is 2.28. The second-order valence-electron chi connectivity index (χ2n) is 7.88. The molecule has 0 radical (unpaired) electrons. The Morgan fingerprint density at radius 2 is 1.63 bits per heavy atom. The van der Waals surface area contributed by atoms with Crippen molar-refractivity contribution in [2.75, 3.05) is 10.6 Å². The Morgan fingerprint density at radius 3 is 2.26 bits per heavy atom. The molecule has 38 heavy (non-hydrogen) atoms. The SMILES string of the molecule is NS(=O)(=O)c1ccccc1-c1ccc(C(=O)Nc2ccc([N+](=O)[O-])cc2C(=O)Nc2ccc(Br)cn2)cc1. The number of sulfonamides is 1. The molecule has 192 valence electrons. The number of pyridine rings is 1. The lowest BCUT2D eigenvalue weighted by Gasteiger charge is -2.12. The fourth-order valence-electron chi connectivity index (χ4n) is 3.52. The van der Waals surface area contributed by atoms with E-state index in [-0.39, 0.29) is 33.2 Å². The number of nitrogens with two attached hydrogens (primary N) is 1. The number of carbonyl (C=O) groups is 2. The van der Waals surface area contributed by atoms with Gasteiger partial charge in [0, 0.05) is 33.9 Å². The highest BCUT2D eigenvalue weighted by Gasteiger charge is 2.20. The van der Waals surface area contributed by atoms with Gasteiger partial charge in [-0.25, -0.2) is 18.5 Å². The normalized spacial score (nSPS) is 11.0. The third kappa shape index (κ3) is 6.08. The summed E-state index contributed by atoms with van der Waals surface area (Å²) in [7, 11) is -3.97. The summed E-state index contributed by atoms with van der Waals surface area (Å²) in [6, 6.07) is 18.9. The first-order chi connectivity index (χ1) is 18.0. The van der Waals surface area contributed by atoms with E-state index in [2.05, 4.69) is 31.5 Å². The lowest BCUT2D eigenvalue weighted by Crippen LogP contribution is -2.19. The molecule has 0 saturated carbocycles. The second kappa shape index (κ2) is 10.9. The van der Waals surface area contributed by atoms with Gasteiger partial charge in [0.05, 0.1) is 21.1 Å². The molecule has 0 bridgehead atoms. The van der Waals surface area contributed by atoms with Crippen molar-refractivity contribution in [2.24, 2.45) is 5.14 Å². The Morgan fingerprint density at radius 1 is 0.921 bits per heavy atom. The molecular formula is C25H18BrN5O6S. The average Bonchev–Trinajstić information content (AvgIpc) is 2.89. The van der Waals surface area contributed by atoms with Gasteiger partial charge in [0.2, 0.25) is 10.0 Å². The predicted octanol–water partition coefficient (Wildman–Crippen LogP) is 4.57. The predicted molar refractivity (Wildman–Crippen MR) is 144 cm³/mol. The molecule has 0 aliphatic rings. The lowest BCUT2D eigenvalue weighted by atomic mass is 10.0. The van der Waals surface area contributed by atoms with Crippen molar-refractivity contribution in [3.8, 4) is 11.1 Å². The number of nitro groups is 1. The summed E-state index contributed by atoms with van der Waals surface area (Å²) in [4.78, 5) is 40.5. The molecule has 0 fully saturated rings. The number of amides is 2. The molecule has 3 aromatic carbocycles. The molecule has 4 aromatic rings.